The molecule has 20 heavy (non-hydrogen) atoms. The van der Waals surface area contributed by atoms with E-state index < -0.39 is 5.38 Å². The Morgan fingerprint density at radius 3 is 2.40 bits per heavy atom. The Hall–Kier alpha value is -0.900. The zero-order valence-corrected chi connectivity index (χ0v) is 14.1. The van der Waals surface area contributed by atoms with Gasteiger partial charge in [-0.3, -0.25) is 0 Å². The van der Waals surface area contributed by atoms with Crippen LogP contribution < -0.4 is 9.47 Å². The lowest BCUT2D eigenvalue weighted by atomic mass is 10.0. The van der Waals surface area contributed by atoms with Gasteiger partial charge in [0.15, 0.2) is 0 Å². The fraction of sp³-hybridized carbons (Fsp3) is 0.200. The fourth-order valence-electron chi connectivity index (χ4n) is 2.03. The molecule has 0 saturated carbocycles. The summed E-state index contributed by atoms with van der Waals surface area (Å²) in [5.41, 5.74) is 1.65. The zero-order chi connectivity index (χ0) is 14.7. The lowest BCUT2D eigenvalue weighted by molar-refractivity contribution is 0.403. The summed E-state index contributed by atoms with van der Waals surface area (Å²) >= 11 is 16.1. The minimum absolute atomic E-state index is 0.420. The highest BCUT2D eigenvalue weighted by Crippen LogP contribution is 2.43. The van der Waals surface area contributed by atoms with Gasteiger partial charge in [-0.2, -0.15) is 0 Å². The highest BCUT2D eigenvalue weighted by Gasteiger charge is 2.21. The van der Waals surface area contributed by atoms with Crippen LogP contribution in [-0.2, 0) is 0 Å². The number of benzene rings is 2. The fourth-order valence-corrected chi connectivity index (χ4v) is 3.37. The van der Waals surface area contributed by atoms with E-state index in [1.807, 2.05) is 24.3 Å². The Bertz CT molecular complexity index is 617. The summed E-state index contributed by atoms with van der Waals surface area (Å²) in [5, 5.41) is 0.171. The van der Waals surface area contributed by atoms with E-state index in [1.165, 1.54) is 0 Å². The molecular weight excluding hydrogens is 363 g/mol. The van der Waals surface area contributed by atoms with E-state index in [0.29, 0.717) is 10.8 Å². The number of ether oxygens (including phenoxy) is 2. The van der Waals surface area contributed by atoms with E-state index >= 15 is 0 Å². The molecular formula is C15H13BrCl2O2. The van der Waals surface area contributed by atoms with Gasteiger partial charge in [-0.05, 0) is 34.1 Å². The molecule has 0 fully saturated rings. The molecule has 0 bridgehead atoms. The van der Waals surface area contributed by atoms with E-state index in [9.17, 15) is 0 Å². The number of para-hydroxylation sites is 1. The predicted molar refractivity (Wildman–Crippen MR) is 86.4 cm³/mol. The Balaban J connectivity index is 2.55. The van der Waals surface area contributed by atoms with Crippen molar-refractivity contribution in [2.75, 3.05) is 14.2 Å². The molecule has 0 radical (unpaired) electrons. The maximum atomic E-state index is 6.60. The number of methoxy groups -OCH3 is 2. The third-order valence-corrected chi connectivity index (χ3v) is 4.20. The van der Waals surface area contributed by atoms with E-state index in [-0.39, 0.29) is 0 Å². The minimum atomic E-state index is -0.420. The summed E-state index contributed by atoms with van der Waals surface area (Å²) < 4.78 is 11.5. The van der Waals surface area contributed by atoms with Crippen LogP contribution in [0.5, 0.6) is 11.5 Å². The van der Waals surface area contributed by atoms with Gasteiger partial charge in [-0.25, -0.2) is 0 Å². The first-order valence-corrected chi connectivity index (χ1v) is 7.49. The van der Waals surface area contributed by atoms with Gasteiger partial charge in [0.1, 0.15) is 11.5 Å². The summed E-state index contributed by atoms with van der Waals surface area (Å²) in [6.07, 6.45) is 0. The minimum Gasteiger partial charge on any atom is -0.496 e. The second-order valence-electron chi connectivity index (χ2n) is 4.11. The molecule has 1 unspecified atom stereocenters. The molecule has 1 atom stereocenters. The second kappa shape index (κ2) is 6.70. The molecule has 0 aromatic heterocycles. The molecule has 0 aliphatic rings. The highest BCUT2D eigenvalue weighted by molar-refractivity contribution is 9.10. The quantitative estimate of drug-likeness (QED) is 0.661. The molecule has 2 aromatic carbocycles. The van der Waals surface area contributed by atoms with Crippen LogP contribution in [0.4, 0.5) is 0 Å². The van der Waals surface area contributed by atoms with E-state index in [4.69, 9.17) is 32.7 Å². The Kier molecular flexibility index (Phi) is 5.19. The van der Waals surface area contributed by atoms with Crippen molar-refractivity contribution >= 4 is 39.1 Å². The molecule has 106 valence electrons. The molecule has 0 spiro atoms. The van der Waals surface area contributed by atoms with Crippen LogP contribution in [0, 0.1) is 0 Å². The van der Waals surface area contributed by atoms with Crippen LogP contribution in [0.2, 0.25) is 5.02 Å². The van der Waals surface area contributed by atoms with Gasteiger partial charge in [0, 0.05) is 16.1 Å². The topological polar surface area (TPSA) is 18.5 Å². The Morgan fingerprint density at radius 2 is 1.75 bits per heavy atom. The predicted octanol–water partition coefficient (Wildman–Crippen LogP) is 5.45. The first-order chi connectivity index (χ1) is 9.58. The summed E-state index contributed by atoms with van der Waals surface area (Å²) in [7, 11) is 3.22. The SMILES string of the molecule is COc1ccccc1C(Cl)c1cc(Cl)cc(Br)c1OC. The zero-order valence-electron chi connectivity index (χ0n) is 11.0. The molecule has 0 N–H and O–H groups in total. The van der Waals surface area contributed by atoms with Crippen molar-refractivity contribution in [2.24, 2.45) is 0 Å². The number of rotatable bonds is 4. The summed E-state index contributed by atoms with van der Waals surface area (Å²) in [6, 6.07) is 11.2. The number of halogens is 3. The van der Waals surface area contributed by atoms with Crippen LogP contribution in [0.3, 0.4) is 0 Å². The van der Waals surface area contributed by atoms with Gasteiger partial charge < -0.3 is 9.47 Å². The van der Waals surface area contributed by atoms with Gasteiger partial charge in [0.2, 0.25) is 0 Å². The molecule has 0 heterocycles. The summed E-state index contributed by atoms with van der Waals surface area (Å²) in [6.45, 7) is 0. The lowest BCUT2D eigenvalue weighted by Gasteiger charge is -2.18. The maximum absolute atomic E-state index is 6.60. The number of hydrogen-bond donors (Lipinski definition) is 0. The van der Waals surface area contributed by atoms with Crippen molar-refractivity contribution in [3.63, 3.8) is 0 Å². The largest absolute Gasteiger partial charge is 0.496 e. The molecule has 2 aromatic rings. The molecule has 0 saturated heterocycles. The number of alkyl halides is 1. The van der Waals surface area contributed by atoms with Crippen LogP contribution in [0.15, 0.2) is 40.9 Å². The molecule has 0 amide bonds. The first kappa shape index (κ1) is 15.5. The van der Waals surface area contributed by atoms with Crippen molar-refractivity contribution in [3.8, 4) is 11.5 Å². The highest BCUT2D eigenvalue weighted by atomic mass is 79.9. The summed E-state index contributed by atoms with van der Waals surface area (Å²) in [5.74, 6) is 1.39. The molecule has 5 heteroatoms. The van der Waals surface area contributed by atoms with Gasteiger partial charge in [-0.15, -0.1) is 11.6 Å². The maximum Gasteiger partial charge on any atom is 0.138 e. The van der Waals surface area contributed by atoms with Gasteiger partial charge in [-0.1, -0.05) is 29.8 Å². The Labute approximate surface area is 136 Å². The average Bonchev–Trinajstić information content (AvgIpc) is 2.45. The number of hydrogen-bond acceptors (Lipinski definition) is 2. The van der Waals surface area contributed by atoms with Crippen LogP contribution in [0.25, 0.3) is 0 Å². The first-order valence-electron chi connectivity index (χ1n) is 5.88. The monoisotopic (exact) mass is 374 g/mol. The van der Waals surface area contributed by atoms with E-state index in [0.717, 1.165) is 21.3 Å². The van der Waals surface area contributed by atoms with Gasteiger partial charge in [0.25, 0.3) is 0 Å². The smallest absolute Gasteiger partial charge is 0.138 e. The van der Waals surface area contributed by atoms with Crippen LogP contribution >= 0.6 is 39.1 Å². The van der Waals surface area contributed by atoms with Crippen molar-refractivity contribution in [3.05, 3.63) is 57.0 Å². The third kappa shape index (κ3) is 3.05. The van der Waals surface area contributed by atoms with Crippen LogP contribution in [0.1, 0.15) is 16.5 Å². The van der Waals surface area contributed by atoms with E-state index in [1.54, 1.807) is 26.4 Å². The van der Waals surface area contributed by atoms with E-state index in [2.05, 4.69) is 15.9 Å². The lowest BCUT2D eigenvalue weighted by Crippen LogP contribution is -2.00. The normalized spacial score (nSPS) is 12.1. The Morgan fingerprint density at radius 1 is 1.05 bits per heavy atom. The average molecular weight is 376 g/mol. The second-order valence-corrected chi connectivity index (χ2v) is 5.84. The van der Waals surface area contributed by atoms with Gasteiger partial charge >= 0.3 is 0 Å². The molecule has 2 nitrogen and oxygen atoms in total. The summed E-state index contributed by atoms with van der Waals surface area (Å²) in [4.78, 5) is 0. The van der Waals surface area contributed by atoms with Crippen LogP contribution in [-0.4, -0.2) is 14.2 Å². The third-order valence-electron chi connectivity index (χ3n) is 2.93. The van der Waals surface area contributed by atoms with Gasteiger partial charge in [0.05, 0.1) is 24.1 Å². The van der Waals surface area contributed by atoms with Crippen molar-refractivity contribution in [2.45, 2.75) is 5.38 Å². The molecule has 0 aliphatic heterocycles. The van der Waals surface area contributed by atoms with Crippen molar-refractivity contribution in [1.82, 2.24) is 0 Å². The van der Waals surface area contributed by atoms with Crippen molar-refractivity contribution in [1.29, 1.82) is 0 Å². The van der Waals surface area contributed by atoms with Crippen molar-refractivity contribution < 1.29 is 9.47 Å². The molecule has 2 rings (SSSR count). The standard InChI is InChI=1S/C15H13BrCl2O2/c1-19-13-6-4-3-5-10(13)14(18)11-7-9(17)8-12(16)15(11)20-2/h3-8,14H,1-2H3. The molecule has 0 aliphatic carbocycles.